The summed E-state index contributed by atoms with van der Waals surface area (Å²) in [7, 11) is 0. The molecule has 0 bridgehead atoms. The number of aromatic amines is 1. The molecule has 0 saturated heterocycles. The summed E-state index contributed by atoms with van der Waals surface area (Å²) in [6.45, 7) is 1.81. The van der Waals surface area contributed by atoms with Gasteiger partial charge in [-0.1, -0.05) is 30.3 Å². The van der Waals surface area contributed by atoms with E-state index in [-0.39, 0.29) is 23.6 Å². The van der Waals surface area contributed by atoms with Gasteiger partial charge in [-0.15, -0.1) is 11.3 Å². The van der Waals surface area contributed by atoms with E-state index in [1.165, 1.54) is 6.07 Å². The number of aromatic nitrogens is 1. The summed E-state index contributed by atoms with van der Waals surface area (Å²) in [4.78, 5) is 39.8. The Hall–Kier alpha value is -2.93. The van der Waals surface area contributed by atoms with Crippen LogP contribution in [0.1, 0.15) is 32.5 Å². The molecule has 0 radical (unpaired) electrons. The number of carbonyl (C=O) groups is 2. The second-order valence-electron chi connectivity index (χ2n) is 5.02. The number of esters is 1. The van der Waals surface area contributed by atoms with Crippen LogP contribution in [0.25, 0.3) is 10.2 Å². The van der Waals surface area contributed by atoms with Gasteiger partial charge in [0, 0.05) is 10.9 Å². The van der Waals surface area contributed by atoms with Crippen LogP contribution >= 0.6 is 11.3 Å². The molecular weight excluding hydrogens is 328 g/mol. The van der Waals surface area contributed by atoms with Gasteiger partial charge in [0.1, 0.15) is 15.3 Å². The number of ketones is 1. The van der Waals surface area contributed by atoms with Crippen molar-refractivity contribution in [3.05, 3.63) is 62.8 Å². The average molecular weight is 342 g/mol. The molecule has 0 atom stereocenters. The molecule has 3 aromatic rings. The van der Waals surface area contributed by atoms with Crippen LogP contribution in [-0.4, -0.2) is 23.3 Å². The highest BCUT2D eigenvalue weighted by Crippen LogP contribution is 2.33. The smallest absolute Gasteiger partial charge is 0.343 e. The predicted molar refractivity (Wildman–Crippen MR) is 92.7 cm³/mol. The predicted octanol–water partition coefficient (Wildman–Crippen LogP) is 2.58. The van der Waals surface area contributed by atoms with Crippen LogP contribution in [0, 0.1) is 0 Å². The number of nitrogen functional groups attached to an aromatic ring is 1. The maximum Gasteiger partial charge on any atom is 0.343 e. The van der Waals surface area contributed by atoms with E-state index >= 15 is 0 Å². The van der Waals surface area contributed by atoms with Crippen molar-refractivity contribution in [2.75, 3.05) is 12.3 Å². The van der Waals surface area contributed by atoms with Gasteiger partial charge in [-0.05, 0) is 13.0 Å². The number of rotatable bonds is 4. The number of pyridine rings is 1. The Bertz CT molecular complexity index is 989. The molecule has 0 saturated carbocycles. The zero-order chi connectivity index (χ0) is 17.3. The van der Waals surface area contributed by atoms with Crippen molar-refractivity contribution in [2.45, 2.75) is 6.92 Å². The van der Waals surface area contributed by atoms with E-state index in [2.05, 4.69) is 4.98 Å². The van der Waals surface area contributed by atoms with E-state index in [0.29, 0.717) is 20.7 Å². The average Bonchev–Trinajstić information content (AvgIpc) is 2.90. The molecule has 0 spiro atoms. The van der Waals surface area contributed by atoms with Gasteiger partial charge in [0.2, 0.25) is 5.78 Å². The fourth-order valence-corrected chi connectivity index (χ4v) is 3.38. The van der Waals surface area contributed by atoms with Crippen molar-refractivity contribution in [3.63, 3.8) is 0 Å². The van der Waals surface area contributed by atoms with Crippen LogP contribution in [0.3, 0.4) is 0 Å². The number of nitrogens with two attached hydrogens (primary N) is 1. The highest BCUT2D eigenvalue weighted by atomic mass is 32.1. The Morgan fingerprint density at radius 3 is 2.62 bits per heavy atom. The summed E-state index contributed by atoms with van der Waals surface area (Å²) < 4.78 is 4.86. The number of benzene rings is 1. The van der Waals surface area contributed by atoms with E-state index in [1.807, 2.05) is 6.07 Å². The van der Waals surface area contributed by atoms with E-state index in [0.717, 1.165) is 11.3 Å². The minimum atomic E-state index is -0.720. The second kappa shape index (κ2) is 6.29. The highest BCUT2D eigenvalue weighted by Gasteiger charge is 2.21. The van der Waals surface area contributed by atoms with Crippen molar-refractivity contribution < 1.29 is 14.3 Å². The number of H-pyrrole nitrogens is 1. The fraction of sp³-hybridized carbons (Fsp3) is 0.118. The highest BCUT2D eigenvalue weighted by molar-refractivity contribution is 7.21. The van der Waals surface area contributed by atoms with Crippen LogP contribution in [0.2, 0.25) is 0 Å². The van der Waals surface area contributed by atoms with E-state index < -0.39 is 11.5 Å². The number of thiophene rings is 1. The van der Waals surface area contributed by atoms with Crippen LogP contribution in [0.4, 0.5) is 5.69 Å². The Balaban J connectivity index is 2.13. The molecule has 2 heterocycles. The first-order chi connectivity index (χ1) is 11.5. The molecule has 0 aliphatic carbocycles. The van der Waals surface area contributed by atoms with Gasteiger partial charge in [-0.3, -0.25) is 9.59 Å². The zero-order valence-electron chi connectivity index (χ0n) is 12.8. The standard InChI is InChI=1S/C17H14N2O4S/c1-2-23-17(22)11-8-10-12(18)14(24-16(10)19-15(11)21)13(20)9-6-4-3-5-7-9/h3-8H,2,18H2,1H3,(H,19,21). The number of hydrogen-bond donors (Lipinski definition) is 2. The first-order valence-electron chi connectivity index (χ1n) is 7.25. The van der Waals surface area contributed by atoms with Crippen LogP contribution < -0.4 is 11.3 Å². The normalized spacial score (nSPS) is 10.7. The quantitative estimate of drug-likeness (QED) is 0.560. The van der Waals surface area contributed by atoms with E-state index in [4.69, 9.17) is 10.5 Å². The molecule has 6 nitrogen and oxygen atoms in total. The molecule has 0 fully saturated rings. The van der Waals surface area contributed by atoms with Crippen molar-refractivity contribution in [1.82, 2.24) is 4.98 Å². The van der Waals surface area contributed by atoms with Crippen molar-refractivity contribution in [1.29, 1.82) is 0 Å². The first-order valence-corrected chi connectivity index (χ1v) is 8.06. The van der Waals surface area contributed by atoms with Gasteiger partial charge in [-0.25, -0.2) is 4.79 Å². The molecule has 1 aromatic carbocycles. The van der Waals surface area contributed by atoms with Crippen LogP contribution in [0.5, 0.6) is 0 Å². The summed E-state index contributed by atoms with van der Waals surface area (Å²) in [5.41, 5.74) is 6.13. The topological polar surface area (TPSA) is 102 Å². The lowest BCUT2D eigenvalue weighted by Gasteiger charge is -2.01. The number of nitrogens with one attached hydrogen (secondary N) is 1. The van der Waals surface area contributed by atoms with Gasteiger partial charge >= 0.3 is 5.97 Å². The molecule has 2 aromatic heterocycles. The maximum absolute atomic E-state index is 12.6. The largest absolute Gasteiger partial charge is 0.462 e. The molecule has 7 heteroatoms. The Morgan fingerprint density at radius 2 is 1.96 bits per heavy atom. The third-order valence-electron chi connectivity index (χ3n) is 3.48. The lowest BCUT2D eigenvalue weighted by molar-refractivity contribution is 0.0524. The lowest BCUT2D eigenvalue weighted by Crippen LogP contribution is -2.19. The number of hydrogen-bond acceptors (Lipinski definition) is 6. The third-order valence-corrected chi connectivity index (χ3v) is 4.62. The fourth-order valence-electron chi connectivity index (χ4n) is 2.32. The molecule has 0 unspecified atom stereocenters. The van der Waals surface area contributed by atoms with Crippen LogP contribution in [-0.2, 0) is 4.74 Å². The summed E-state index contributed by atoms with van der Waals surface area (Å²) in [5, 5.41) is 0.460. The van der Waals surface area contributed by atoms with Crippen molar-refractivity contribution >= 4 is 39.0 Å². The SMILES string of the molecule is CCOC(=O)c1cc2c(N)c(C(=O)c3ccccc3)sc2[nH]c1=O. The number of carbonyl (C=O) groups excluding carboxylic acids is 2. The monoisotopic (exact) mass is 342 g/mol. The van der Waals surface area contributed by atoms with Gasteiger partial charge in [0.15, 0.2) is 0 Å². The van der Waals surface area contributed by atoms with Crippen LogP contribution in [0.15, 0.2) is 41.2 Å². The zero-order valence-corrected chi connectivity index (χ0v) is 13.6. The van der Waals surface area contributed by atoms with Crippen molar-refractivity contribution in [2.24, 2.45) is 0 Å². The number of ether oxygens (including phenoxy) is 1. The molecular formula is C17H14N2O4S. The van der Waals surface area contributed by atoms with E-state index in [9.17, 15) is 14.4 Å². The molecule has 24 heavy (non-hydrogen) atoms. The second-order valence-corrected chi connectivity index (χ2v) is 6.04. The Labute approximate surface area is 140 Å². The molecule has 0 amide bonds. The lowest BCUT2D eigenvalue weighted by atomic mass is 10.1. The minimum absolute atomic E-state index is 0.132. The Morgan fingerprint density at radius 1 is 1.25 bits per heavy atom. The van der Waals surface area contributed by atoms with Crippen molar-refractivity contribution in [3.8, 4) is 0 Å². The minimum Gasteiger partial charge on any atom is -0.462 e. The summed E-state index contributed by atoms with van der Waals surface area (Å²) in [6.07, 6.45) is 0. The summed E-state index contributed by atoms with van der Waals surface area (Å²) in [5.74, 6) is -0.949. The first kappa shape index (κ1) is 15.9. The maximum atomic E-state index is 12.6. The third kappa shape index (κ3) is 2.69. The summed E-state index contributed by atoms with van der Waals surface area (Å²) in [6, 6.07) is 10.1. The molecule has 122 valence electrons. The Kier molecular flexibility index (Phi) is 4.18. The molecule has 0 aliphatic rings. The molecule has 3 N–H and O–H groups in total. The van der Waals surface area contributed by atoms with E-state index in [1.54, 1.807) is 31.2 Å². The number of fused-ring (bicyclic) bond motifs is 1. The molecule has 0 aliphatic heterocycles. The van der Waals surface area contributed by atoms with Gasteiger partial charge in [-0.2, -0.15) is 0 Å². The number of anilines is 1. The molecule has 3 rings (SSSR count). The van der Waals surface area contributed by atoms with Gasteiger partial charge in [0.05, 0.1) is 12.3 Å². The van der Waals surface area contributed by atoms with Gasteiger partial charge < -0.3 is 15.5 Å². The van der Waals surface area contributed by atoms with Gasteiger partial charge in [0.25, 0.3) is 5.56 Å². The summed E-state index contributed by atoms with van der Waals surface area (Å²) >= 11 is 1.09.